The monoisotopic (exact) mass is 400 g/mol. The van der Waals surface area contributed by atoms with Crippen LogP contribution in [0.2, 0.25) is 0 Å². The van der Waals surface area contributed by atoms with Gasteiger partial charge in [0, 0.05) is 0 Å². The van der Waals surface area contributed by atoms with Gasteiger partial charge < -0.3 is 0 Å². The number of hydrogen-bond acceptors (Lipinski definition) is 2. The normalized spacial score (nSPS) is 51.7. The molecule has 8 aliphatic rings. The largest absolute Gasteiger partial charge is 0.192 e. The van der Waals surface area contributed by atoms with E-state index in [4.69, 9.17) is 0 Å². The first-order valence-electron chi connectivity index (χ1n) is 12.3. The number of hydrogen-bond donors (Lipinski definition) is 0. The number of aryl methyl sites for hydroxylation is 1. The Morgan fingerprint density at radius 2 is 1.26 bits per heavy atom. The summed E-state index contributed by atoms with van der Waals surface area (Å²) in [6.07, 6.45) is 1.27. The van der Waals surface area contributed by atoms with E-state index in [1.165, 1.54) is 28.3 Å². The van der Waals surface area contributed by atoms with Crippen molar-refractivity contribution in [1.82, 2.24) is 0 Å². The molecule has 0 N–H and O–H groups in total. The highest BCUT2D eigenvalue weighted by Gasteiger charge is 2.91. The maximum absolute atomic E-state index is 9.63. The molecular weight excluding hydrogens is 376 g/mol. The van der Waals surface area contributed by atoms with Crippen LogP contribution in [0, 0.1) is 107 Å². The number of nitrogens with zero attached hydrogens (tertiary/aromatic N) is 2. The number of allylic oxidation sites excluding steroid dienone is 2. The maximum Gasteiger partial charge on any atom is 0.129 e. The van der Waals surface area contributed by atoms with Crippen LogP contribution in [0.5, 0.6) is 0 Å². The van der Waals surface area contributed by atoms with Crippen LogP contribution in [0.25, 0.3) is 10.8 Å². The predicted molar refractivity (Wildman–Crippen MR) is 116 cm³/mol. The molecule has 2 nitrogen and oxygen atoms in total. The molecule has 8 aliphatic carbocycles. The van der Waals surface area contributed by atoms with Gasteiger partial charge in [-0.1, -0.05) is 36.4 Å². The molecule has 150 valence electrons. The molecule has 8 atom stereocenters. The molecule has 0 radical (unpaired) electrons. The summed E-state index contributed by atoms with van der Waals surface area (Å²) in [5.41, 5.74) is 4.83. The fourth-order valence-electron chi connectivity index (χ4n) is 12.2. The Morgan fingerprint density at radius 1 is 0.710 bits per heavy atom. The average molecular weight is 401 g/mol. The summed E-state index contributed by atoms with van der Waals surface area (Å²) >= 11 is 0. The third-order valence-corrected chi connectivity index (χ3v) is 11.9. The van der Waals surface area contributed by atoms with E-state index in [0.29, 0.717) is 17.4 Å². The summed E-state index contributed by atoms with van der Waals surface area (Å²) in [5.74, 6) is 11.0. The number of fused-ring (bicyclic) bond motifs is 1. The lowest BCUT2D eigenvalue weighted by Gasteiger charge is -2.24. The quantitative estimate of drug-likeness (QED) is 0.655. The van der Waals surface area contributed by atoms with Crippen molar-refractivity contribution >= 4 is 10.8 Å². The van der Waals surface area contributed by atoms with Crippen LogP contribution in [0.1, 0.15) is 11.1 Å². The Hall–Kier alpha value is -2.58. The zero-order valence-electron chi connectivity index (χ0n) is 17.6. The van der Waals surface area contributed by atoms with E-state index in [9.17, 15) is 10.5 Å². The molecule has 8 fully saturated rings. The smallest absolute Gasteiger partial charge is 0.129 e. The predicted octanol–water partition coefficient (Wildman–Crippen LogP) is 5.14. The lowest BCUT2D eigenvalue weighted by Crippen LogP contribution is -2.21. The minimum absolute atomic E-state index is 0.508. The highest BCUT2D eigenvalue weighted by Crippen LogP contribution is 2.95. The molecule has 2 aromatic carbocycles. The van der Waals surface area contributed by atoms with Gasteiger partial charge in [0.1, 0.15) is 17.7 Å². The summed E-state index contributed by atoms with van der Waals surface area (Å²) in [7, 11) is 0. The fourth-order valence-corrected chi connectivity index (χ4v) is 12.2. The van der Waals surface area contributed by atoms with Gasteiger partial charge in [-0.2, -0.15) is 10.5 Å². The van der Waals surface area contributed by atoms with E-state index in [1.807, 2.05) is 0 Å². The third-order valence-electron chi connectivity index (χ3n) is 11.9. The van der Waals surface area contributed by atoms with Crippen LogP contribution in [-0.4, -0.2) is 0 Å². The third kappa shape index (κ3) is 1.38. The average Bonchev–Trinajstić information content (AvgIpc) is 3.57. The van der Waals surface area contributed by atoms with Crippen molar-refractivity contribution in [2.24, 2.45) is 76.9 Å². The molecule has 10 rings (SSSR count). The zero-order chi connectivity index (χ0) is 20.3. The van der Waals surface area contributed by atoms with E-state index in [0.717, 1.165) is 65.1 Å². The maximum atomic E-state index is 9.63. The minimum Gasteiger partial charge on any atom is -0.192 e. The molecule has 8 unspecified atom stereocenters. The van der Waals surface area contributed by atoms with Crippen molar-refractivity contribution in [1.29, 1.82) is 10.5 Å². The van der Waals surface area contributed by atoms with Gasteiger partial charge >= 0.3 is 0 Å². The van der Waals surface area contributed by atoms with Gasteiger partial charge in [-0.05, 0) is 118 Å². The van der Waals surface area contributed by atoms with E-state index < -0.39 is 0 Å². The second-order valence-electron chi connectivity index (χ2n) is 11.8. The van der Waals surface area contributed by atoms with Crippen molar-refractivity contribution in [2.45, 2.75) is 13.3 Å². The van der Waals surface area contributed by atoms with Gasteiger partial charge in [-0.25, -0.2) is 0 Å². The van der Waals surface area contributed by atoms with E-state index in [1.54, 1.807) is 5.56 Å². The van der Waals surface area contributed by atoms with Gasteiger partial charge in [0.2, 0.25) is 0 Å². The number of rotatable bonds is 2. The molecule has 0 aromatic heterocycles. The van der Waals surface area contributed by atoms with Crippen LogP contribution >= 0.6 is 0 Å². The molecular formula is C29H24N2. The molecule has 31 heavy (non-hydrogen) atoms. The minimum atomic E-state index is 0.508. The molecule has 4 bridgehead atoms. The highest BCUT2D eigenvalue weighted by atomic mass is 14.9. The molecule has 2 heteroatoms. The molecule has 2 aromatic rings. The molecule has 0 aliphatic heterocycles. The van der Waals surface area contributed by atoms with Gasteiger partial charge in [-0.3, -0.25) is 0 Å². The Balaban J connectivity index is 1.16. The zero-order valence-corrected chi connectivity index (χ0v) is 17.6. The Labute approximate surface area is 182 Å². The summed E-state index contributed by atoms with van der Waals surface area (Å²) < 4.78 is 0. The lowest BCUT2D eigenvalue weighted by molar-refractivity contribution is 0.220. The topological polar surface area (TPSA) is 47.6 Å². The van der Waals surface area contributed by atoms with Crippen LogP contribution in [0.3, 0.4) is 0 Å². The Kier molecular flexibility index (Phi) is 2.47. The Bertz CT molecular complexity index is 1260. The molecule has 0 amide bonds. The van der Waals surface area contributed by atoms with Gasteiger partial charge in [0.05, 0.1) is 0 Å². The highest BCUT2D eigenvalue weighted by molar-refractivity contribution is 5.88. The molecule has 8 saturated carbocycles. The molecule has 0 heterocycles. The SMILES string of the molecule is Cc1ccc(CC2C3C4C5C6C(=C(C#N)C#N)C7C5C3C3C2C4C6C73)c2ccccc12. The van der Waals surface area contributed by atoms with Crippen LogP contribution < -0.4 is 0 Å². The van der Waals surface area contributed by atoms with Crippen molar-refractivity contribution in [3.8, 4) is 12.1 Å². The van der Waals surface area contributed by atoms with Gasteiger partial charge in [0.15, 0.2) is 0 Å². The summed E-state index contributed by atoms with van der Waals surface area (Å²) in [6.45, 7) is 2.24. The fraction of sp³-hybridized carbons (Fsp3) is 0.517. The number of benzene rings is 2. The first kappa shape index (κ1) is 16.1. The van der Waals surface area contributed by atoms with E-state index in [2.05, 4.69) is 55.5 Å². The standard InChI is InChI=1S/C29H24N2/c1-11-6-7-12(15-5-3-2-4-14(11)15)8-16-18-22-24-19(16)25-23(18)27-21-17(13(9-30)10-31)20(26(22)27)28(24)29(21)25/h2-7,16,18-29H,8H2,1H3. The van der Waals surface area contributed by atoms with Crippen molar-refractivity contribution < 1.29 is 0 Å². The number of nitriles is 2. The van der Waals surface area contributed by atoms with Gasteiger partial charge in [-0.15, -0.1) is 0 Å². The summed E-state index contributed by atoms with van der Waals surface area (Å²) in [5, 5.41) is 22.2. The first-order chi connectivity index (χ1) is 15.3. The first-order valence-corrected chi connectivity index (χ1v) is 12.3. The van der Waals surface area contributed by atoms with Crippen molar-refractivity contribution in [3.63, 3.8) is 0 Å². The second-order valence-corrected chi connectivity index (χ2v) is 11.8. The van der Waals surface area contributed by atoms with E-state index >= 15 is 0 Å². The second kappa shape index (κ2) is 4.76. The van der Waals surface area contributed by atoms with Crippen LogP contribution in [0.15, 0.2) is 47.5 Å². The van der Waals surface area contributed by atoms with Crippen molar-refractivity contribution in [3.05, 3.63) is 58.7 Å². The van der Waals surface area contributed by atoms with Crippen LogP contribution in [0.4, 0.5) is 0 Å². The van der Waals surface area contributed by atoms with Crippen molar-refractivity contribution in [2.75, 3.05) is 0 Å². The van der Waals surface area contributed by atoms with Gasteiger partial charge in [0.25, 0.3) is 0 Å². The molecule has 0 spiro atoms. The summed E-state index contributed by atoms with van der Waals surface area (Å²) in [6, 6.07) is 18.4. The lowest BCUT2D eigenvalue weighted by atomic mass is 9.80. The Morgan fingerprint density at radius 3 is 1.81 bits per heavy atom. The molecule has 0 saturated heterocycles. The van der Waals surface area contributed by atoms with Crippen LogP contribution in [-0.2, 0) is 6.42 Å². The van der Waals surface area contributed by atoms with E-state index in [-0.39, 0.29) is 0 Å². The summed E-state index contributed by atoms with van der Waals surface area (Å²) in [4.78, 5) is 0.